The third-order valence-corrected chi connectivity index (χ3v) is 3.26. The number of carbonyl (C=O) groups is 2. The van der Waals surface area contributed by atoms with Crippen LogP contribution in [0.15, 0.2) is 0 Å². The summed E-state index contributed by atoms with van der Waals surface area (Å²) in [6.07, 6.45) is -7.12. The lowest BCUT2D eigenvalue weighted by Crippen LogP contribution is -2.59. The van der Waals surface area contributed by atoms with Crippen molar-refractivity contribution in [2.24, 2.45) is 0 Å². The minimum Gasteiger partial charge on any atom is -0.480 e. The van der Waals surface area contributed by atoms with Gasteiger partial charge in [0.15, 0.2) is 6.29 Å². The number of carboxylic acid groups (broad SMARTS) is 2. The smallest absolute Gasteiger partial charge is 0.317 e. The fourth-order valence-electron chi connectivity index (χ4n) is 2.10. The first-order valence-electron chi connectivity index (χ1n) is 6.84. The first-order chi connectivity index (χ1) is 10.8. The van der Waals surface area contributed by atoms with E-state index in [0.29, 0.717) is 0 Å². The Morgan fingerprint density at radius 3 is 2.04 bits per heavy atom. The summed E-state index contributed by atoms with van der Waals surface area (Å²) in [5.41, 5.74) is 0. The van der Waals surface area contributed by atoms with Crippen molar-refractivity contribution < 1.29 is 49.7 Å². The lowest BCUT2D eigenvalue weighted by molar-refractivity contribution is -0.301. The van der Waals surface area contributed by atoms with Crippen molar-refractivity contribution in [1.82, 2.24) is 4.90 Å². The van der Waals surface area contributed by atoms with Gasteiger partial charge in [0.05, 0.1) is 26.3 Å². The van der Waals surface area contributed by atoms with Crippen LogP contribution < -0.4 is 0 Å². The van der Waals surface area contributed by atoms with Gasteiger partial charge in [-0.3, -0.25) is 14.5 Å². The molecule has 0 aromatic heterocycles. The van der Waals surface area contributed by atoms with Gasteiger partial charge in [-0.1, -0.05) is 0 Å². The largest absolute Gasteiger partial charge is 0.480 e. The van der Waals surface area contributed by atoms with E-state index in [9.17, 15) is 24.9 Å². The van der Waals surface area contributed by atoms with Crippen molar-refractivity contribution in [3.05, 3.63) is 0 Å². The zero-order valence-corrected chi connectivity index (χ0v) is 12.2. The Kier molecular flexibility index (Phi) is 7.78. The Labute approximate surface area is 131 Å². The van der Waals surface area contributed by atoms with Gasteiger partial charge in [0.1, 0.15) is 24.4 Å². The minimum atomic E-state index is -1.58. The quantitative estimate of drug-likeness (QED) is 0.243. The summed E-state index contributed by atoms with van der Waals surface area (Å²) in [5, 5.41) is 55.3. The van der Waals surface area contributed by atoms with Crippen LogP contribution in [0, 0.1) is 0 Å². The second-order valence-corrected chi connectivity index (χ2v) is 5.07. The summed E-state index contributed by atoms with van der Waals surface area (Å²) in [7, 11) is 0. The van der Waals surface area contributed by atoms with Crippen molar-refractivity contribution in [3.63, 3.8) is 0 Å². The van der Waals surface area contributed by atoms with Crippen LogP contribution in [0.1, 0.15) is 0 Å². The van der Waals surface area contributed by atoms with Gasteiger partial charge < -0.3 is 40.1 Å². The lowest BCUT2D eigenvalue weighted by atomic mass is 9.99. The molecule has 0 spiro atoms. The van der Waals surface area contributed by atoms with Gasteiger partial charge in [-0.05, 0) is 0 Å². The third kappa shape index (κ3) is 5.99. The molecule has 0 unspecified atom stereocenters. The van der Waals surface area contributed by atoms with Crippen LogP contribution in [0.4, 0.5) is 0 Å². The zero-order valence-electron chi connectivity index (χ0n) is 12.2. The first kappa shape index (κ1) is 19.7. The van der Waals surface area contributed by atoms with Crippen LogP contribution in [-0.4, -0.2) is 111 Å². The molecule has 0 amide bonds. The fourth-order valence-corrected chi connectivity index (χ4v) is 2.10. The van der Waals surface area contributed by atoms with E-state index in [1.807, 2.05) is 0 Å². The number of aliphatic hydroxyl groups excluding tert-OH is 4. The normalized spacial score (nSPS) is 31.3. The molecule has 1 rings (SSSR count). The Morgan fingerprint density at radius 1 is 1.00 bits per heavy atom. The Hall–Kier alpha value is -1.34. The highest BCUT2D eigenvalue weighted by Crippen LogP contribution is 2.21. The molecule has 23 heavy (non-hydrogen) atoms. The van der Waals surface area contributed by atoms with Crippen molar-refractivity contribution in [3.8, 4) is 0 Å². The summed E-state index contributed by atoms with van der Waals surface area (Å²) in [6, 6.07) is 0. The number of hydrogen-bond acceptors (Lipinski definition) is 9. The number of ether oxygens (including phenoxy) is 2. The van der Waals surface area contributed by atoms with Crippen LogP contribution in [0.5, 0.6) is 0 Å². The highest BCUT2D eigenvalue weighted by atomic mass is 16.7. The second kappa shape index (κ2) is 9.08. The molecule has 1 aliphatic heterocycles. The Balaban J connectivity index is 2.51. The number of carboxylic acids is 2. The minimum absolute atomic E-state index is 0.0758. The van der Waals surface area contributed by atoms with Crippen LogP contribution in [0.3, 0.4) is 0 Å². The number of rotatable bonds is 9. The van der Waals surface area contributed by atoms with Crippen molar-refractivity contribution >= 4 is 11.9 Å². The molecule has 1 fully saturated rings. The number of aliphatic hydroxyl groups is 4. The molecule has 6 N–H and O–H groups in total. The van der Waals surface area contributed by atoms with E-state index < -0.39 is 62.3 Å². The molecule has 11 nitrogen and oxygen atoms in total. The SMILES string of the molecule is O=C(O)CN(CCO[C@@H]1O[C@H](CO)[C@@H](O)[C@H](O)[C@H]1O)CC(=O)O. The maximum Gasteiger partial charge on any atom is 0.317 e. The molecule has 1 saturated heterocycles. The van der Waals surface area contributed by atoms with Crippen LogP contribution >= 0.6 is 0 Å². The molecular weight excluding hydrogens is 318 g/mol. The topological polar surface area (TPSA) is 177 Å². The molecule has 0 bridgehead atoms. The molecule has 0 radical (unpaired) electrons. The summed E-state index contributed by atoms with van der Waals surface area (Å²) in [5.74, 6) is -2.42. The molecule has 0 aromatic rings. The highest BCUT2D eigenvalue weighted by molar-refractivity contribution is 5.72. The Bertz CT molecular complexity index is 387. The standard InChI is InChI=1S/C12H21NO10/c14-5-6-9(19)10(20)11(21)12(23-6)22-2-1-13(3-7(15)16)4-8(17)18/h6,9-12,14,19-21H,1-5H2,(H,15,16)(H,17,18)/t6-,9-,10+,11-,12-/m1/s1. The van der Waals surface area contributed by atoms with Gasteiger partial charge in [-0.15, -0.1) is 0 Å². The number of nitrogens with zero attached hydrogens (tertiary/aromatic N) is 1. The van der Waals surface area contributed by atoms with Gasteiger partial charge in [-0.2, -0.15) is 0 Å². The van der Waals surface area contributed by atoms with E-state index in [-0.39, 0.29) is 13.2 Å². The van der Waals surface area contributed by atoms with E-state index in [2.05, 4.69) is 0 Å². The maximum atomic E-state index is 10.6. The van der Waals surface area contributed by atoms with Gasteiger partial charge in [-0.25, -0.2) is 0 Å². The molecule has 0 saturated carbocycles. The summed E-state index contributed by atoms with van der Waals surface area (Å²) < 4.78 is 10.2. The van der Waals surface area contributed by atoms with Crippen molar-refractivity contribution in [2.75, 3.05) is 32.8 Å². The third-order valence-electron chi connectivity index (χ3n) is 3.26. The molecule has 11 heteroatoms. The van der Waals surface area contributed by atoms with Gasteiger partial charge in [0, 0.05) is 6.54 Å². The second-order valence-electron chi connectivity index (χ2n) is 5.07. The van der Waals surface area contributed by atoms with Gasteiger partial charge in [0.25, 0.3) is 0 Å². The van der Waals surface area contributed by atoms with E-state index >= 15 is 0 Å². The Morgan fingerprint density at radius 2 is 1.57 bits per heavy atom. The average molecular weight is 339 g/mol. The highest BCUT2D eigenvalue weighted by Gasteiger charge is 2.43. The van der Waals surface area contributed by atoms with Gasteiger partial charge in [0.2, 0.25) is 0 Å². The fraction of sp³-hybridized carbons (Fsp3) is 0.833. The van der Waals surface area contributed by atoms with Crippen molar-refractivity contribution in [2.45, 2.75) is 30.7 Å². The van der Waals surface area contributed by atoms with E-state index in [1.165, 1.54) is 0 Å². The average Bonchev–Trinajstić information content (AvgIpc) is 2.46. The monoisotopic (exact) mass is 339 g/mol. The predicted molar refractivity (Wildman–Crippen MR) is 71.4 cm³/mol. The molecule has 1 heterocycles. The molecular formula is C12H21NO10. The van der Waals surface area contributed by atoms with Crippen LogP contribution in [0.25, 0.3) is 0 Å². The lowest BCUT2D eigenvalue weighted by Gasteiger charge is -2.39. The van der Waals surface area contributed by atoms with Crippen LogP contribution in [0.2, 0.25) is 0 Å². The van der Waals surface area contributed by atoms with E-state index in [4.69, 9.17) is 24.8 Å². The number of hydrogen-bond donors (Lipinski definition) is 6. The first-order valence-corrected chi connectivity index (χ1v) is 6.84. The van der Waals surface area contributed by atoms with Gasteiger partial charge >= 0.3 is 11.9 Å². The predicted octanol–water partition coefficient (Wildman–Crippen LogP) is -3.73. The number of aliphatic carboxylic acids is 2. The molecule has 5 atom stereocenters. The van der Waals surface area contributed by atoms with E-state index in [0.717, 1.165) is 4.90 Å². The summed E-state index contributed by atoms with van der Waals surface area (Å²) in [4.78, 5) is 22.4. The summed E-state index contributed by atoms with van der Waals surface area (Å²) in [6.45, 7) is -1.89. The maximum absolute atomic E-state index is 10.6. The molecule has 0 aliphatic carbocycles. The van der Waals surface area contributed by atoms with Crippen molar-refractivity contribution in [1.29, 1.82) is 0 Å². The molecule has 134 valence electrons. The summed E-state index contributed by atoms with van der Waals surface area (Å²) >= 11 is 0. The van der Waals surface area contributed by atoms with E-state index in [1.54, 1.807) is 0 Å². The molecule has 0 aromatic carbocycles. The van der Waals surface area contributed by atoms with Crippen LogP contribution in [-0.2, 0) is 19.1 Å². The molecule has 1 aliphatic rings. The zero-order chi connectivity index (χ0) is 17.6.